The minimum atomic E-state index is -0.0523. The Labute approximate surface area is 205 Å². The lowest BCUT2D eigenvalue weighted by atomic mass is 9.99. The Hall–Kier alpha value is -4.33. The summed E-state index contributed by atoms with van der Waals surface area (Å²) in [5.41, 5.74) is 8.49. The van der Waals surface area contributed by atoms with E-state index in [1.165, 1.54) is 12.4 Å². The molecule has 1 amide bonds. The standard InChI is InChI=1S/C27H29N6O2/c1-4-8-21(9-5-2)35-22-13-11-20(12-14-22)25-24-26(28)29-18-30-27(24)33(31-25)17-19-10-7-15-32(16-19)23(34)6-3/h4-6,8-9,11-14,17-19H,1,3,7,10,15-16H2,2H3,(H2,28,29,30)/q+1/b9-5-,21-8+,33-17-. The van der Waals surface area contributed by atoms with Crippen LogP contribution in [0.2, 0.25) is 0 Å². The van der Waals surface area contributed by atoms with Gasteiger partial charge in [-0.3, -0.25) is 4.79 Å². The number of aromatic nitrogens is 2. The van der Waals surface area contributed by atoms with Crippen LogP contribution in [0.1, 0.15) is 30.9 Å². The van der Waals surface area contributed by atoms with Crippen LogP contribution in [-0.2, 0) is 4.79 Å². The van der Waals surface area contributed by atoms with Gasteiger partial charge >= 0.3 is 5.82 Å². The van der Waals surface area contributed by atoms with Crippen molar-refractivity contribution in [2.75, 3.05) is 18.8 Å². The fourth-order valence-electron chi connectivity index (χ4n) is 4.18. The molecule has 0 bridgehead atoms. The molecule has 8 heteroatoms. The number of carbonyl (C=O) groups is 1. The van der Waals surface area contributed by atoms with E-state index in [1.54, 1.807) is 16.8 Å². The van der Waals surface area contributed by atoms with Crippen LogP contribution in [0.15, 0.2) is 85.0 Å². The Kier molecular flexibility index (Phi) is 7.30. The van der Waals surface area contributed by atoms with Crippen LogP contribution in [-0.4, -0.2) is 50.5 Å². The van der Waals surface area contributed by atoms with Gasteiger partial charge in [-0.15, -0.1) is 4.68 Å². The highest BCUT2D eigenvalue weighted by atomic mass is 16.5. The van der Waals surface area contributed by atoms with E-state index in [4.69, 9.17) is 15.6 Å². The number of anilines is 1. The summed E-state index contributed by atoms with van der Waals surface area (Å²) in [6.07, 6.45) is 13.9. The Bertz CT molecular complexity index is 1260. The van der Waals surface area contributed by atoms with Crippen LogP contribution in [0, 0.1) is 5.92 Å². The third kappa shape index (κ3) is 5.27. The zero-order valence-electron chi connectivity index (χ0n) is 19.8. The molecule has 0 radical (unpaired) electrons. The number of nitrogen functional groups attached to an aromatic ring is 1. The number of nitrogens with two attached hydrogens (primary N) is 1. The number of hydrazone groups is 1. The molecule has 4 rings (SSSR count). The summed E-state index contributed by atoms with van der Waals surface area (Å²) in [5.74, 6) is 2.45. The SMILES string of the molecule is C=C/C=C(\C=C/C)Oc1ccc(C2=N/[N+](=C\C3CCCN(C(=O)C=C)C3)c3ncnc(N)c32)cc1. The molecule has 2 aromatic rings. The highest BCUT2D eigenvalue weighted by Gasteiger charge is 2.34. The topological polar surface area (TPSA) is 96.7 Å². The second-order valence-electron chi connectivity index (χ2n) is 8.22. The predicted octanol–water partition coefficient (Wildman–Crippen LogP) is 3.99. The maximum Gasteiger partial charge on any atom is 0.363 e. The number of likely N-dealkylation sites (tertiary alicyclic amines) is 1. The monoisotopic (exact) mass is 469 g/mol. The van der Waals surface area contributed by atoms with Crippen LogP contribution in [0.5, 0.6) is 5.75 Å². The molecule has 8 nitrogen and oxygen atoms in total. The van der Waals surface area contributed by atoms with Crippen molar-refractivity contribution in [3.63, 3.8) is 0 Å². The summed E-state index contributed by atoms with van der Waals surface area (Å²) in [5, 5.41) is 4.83. The molecule has 0 aliphatic carbocycles. The van der Waals surface area contributed by atoms with Gasteiger partial charge in [0.05, 0.1) is 0 Å². The quantitative estimate of drug-likeness (QED) is 0.286. The Balaban J connectivity index is 1.64. The van der Waals surface area contributed by atoms with Crippen molar-refractivity contribution in [2.24, 2.45) is 11.0 Å². The first-order chi connectivity index (χ1) is 17.0. The molecule has 1 aromatic carbocycles. The van der Waals surface area contributed by atoms with Gasteiger partial charge < -0.3 is 15.4 Å². The maximum atomic E-state index is 12.1. The molecule has 2 N–H and O–H groups in total. The molecule has 178 valence electrons. The molecule has 0 saturated carbocycles. The summed E-state index contributed by atoms with van der Waals surface area (Å²) in [6.45, 7) is 10.6. The molecular weight excluding hydrogens is 440 g/mol. The summed E-state index contributed by atoms with van der Waals surface area (Å²) < 4.78 is 7.68. The smallest absolute Gasteiger partial charge is 0.363 e. The van der Waals surface area contributed by atoms with Crippen molar-refractivity contribution in [2.45, 2.75) is 19.8 Å². The van der Waals surface area contributed by atoms with Gasteiger partial charge in [-0.2, -0.15) is 4.98 Å². The zero-order chi connectivity index (χ0) is 24.8. The van der Waals surface area contributed by atoms with Gasteiger partial charge in [-0.25, -0.2) is 0 Å². The molecule has 3 heterocycles. The minimum absolute atomic E-state index is 0.0523. The highest BCUT2D eigenvalue weighted by molar-refractivity contribution is 6.18. The Morgan fingerprint density at radius 2 is 2.06 bits per heavy atom. The number of amides is 1. The average Bonchev–Trinajstić information content (AvgIpc) is 3.24. The van der Waals surface area contributed by atoms with Gasteiger partial charge in [0.2, 0.25) is 12.2 Å². The first-order valence-electron chi connectivity index (χ1n) is 11.5. The molecule has 2 aliphatic rings. The van der Waals surface area contributed by atoms with E-state index in [0.29, 0.717) is 41.0 Å². The second-order valence-corrected chi connectivity index (χ2v) is 8.22. The van der Waals surface area contributed by atoms with Gasteiger partial charge in [0.15, 0.2) is 0 Å². The molecule has 1 saturated heterocycles. The van der Waals surface area contributed by atoms with E-state index in [1.807, 2.05) is 54.5 Å². The van der Waals surface area contributed by atoms with Crippen molar-refractivity contribution < 1.29 is 14.2 Å². The van der Waals surface area contributed by atoms with E-state index in [0.717, 1.165) is 24.9 Å². The Morgan fingerprint density at radius 1 is 1.26 bits per heavy atom. The van der Waals surface area contributed by atoms with E-state index < -0.39 is 0 Å². The summed E-state index contributed by atoms with van der Waals surface area (Å²) in [4.78, 5) is 22.5. The number of rotatable bonds is 7. The zero-order valence-corrected chi connectivity index (χ0v) is 19.8. The van der Waals surface area contributed by atoms with Crippen molar-refractivity contribution in [3.05, 3.63) is 91.0 Å². The van der Waals surface area contributed by atoms with Crippen LogP contribution >= 0.6 is 0 Å². The molecule has 1 unspecified atom stereocenters. The number of benzene rings is 1. The van der Waals surface area contributed by atoms with Crippen LogP contribution in [0.3, 0.4) is 0 Å². The number of piperidine rings is 1. The normalized spacial score (nSPS) is 18.9. The molecule has 1 atom stereocenters. The molecule has 0 spiro atoms. The average molecular weight is 470 g/mol. The van der Waals surface area contributed by atoms with Crippen molar-refractivity contribution in [1.29, 1.82) is 0 Å². The molecule has 2 aliphatic heterocycles. The van der Waals surface area contributed by atoms with E-state index in [9.17, 15) is 4.79 Å². The fraction of sp³-hybridized carbons (Fsp3) is 0.222. The molecule has 35 heavy (non-hydrogen) atoms. The first-order valence-corrected chi connectivity index (χ1v) is 11.5. The van der Waals surface area contributed by atoms with Gasteiger partial charge in [-0.05, 0) is 67.2 Å². The molecule has 1 fully saturated rings. The number of hydrogen-bond acceptors (Lipinski definition) is 6. The van der Waals surface area contributed by atoms with E-state index >= 15 is 0 Å². The molecular formula is C27H29N6O2+. The van der Waals surface area contributed by atoms with Gasteiger partial charge in [-0.1, -0.05) is 30.4 Å². The van der Waals surface area contributed by atoms with Crippen LogP contribution < -0.4 is 10.5 Å². The predicted molar refractivity (Wildman–Crippen MR) is 138 cm³/mol. The lowest BCUT2D eigenvalue weighted by molar-refractivity contribution is -0.442. The number of nitrogens with zero attached hydrogens (tertiary/aromatic N) is 5. The summed E-state index contributed by atoms with van der Waals surface area (Å²) in [6, 6.07) is 7.62. The lowest BCUT2D eigenvalue weighted by Crippen LogP contribution is -2.40. The largest absolute Gasteiger partial charge is 0.457 e. The minimum Gasteiger partial charge on any atom is -0.457 e. The summed E-state index contributed by atoms with van der Waals surface area (Å²) >= 11 is 0. The van der Waals surface area contributed by atoms with E-state index in [-0.39, 0.29) is 11.8 Å². The Morgan fingerprint density at radius 3 is 2.77 bits per heavy atom. The maximum absolute atomic E-state index is 12.1. The summed E-state index contributed by atoms with van der Waals surface area (Å²) in [7, 11) is 0. The van der Waals surface area contributed by atoms with Crippen LogP contribution in [0.25, 0.3) is 0 Å². The van der Waals surface area contributed by atoms with E-state index in [2.05, 4.69) is 23.1 Å². The number of ether oxygens (including phenoxy) is 1. The van der Waals surface area contributed by atoms with Crippen molar-refractivity contribution >= 4 is 29.5 Å². The third-order valence-corrected chi connectivity index (χ3v) is 5.79. The lowest BCUT2D eigenvalue weighted by Gasteiger charge is -2.29. The highest BCUT2D eigenvalue weighted by Crippen LogP contribution is 2.31. The number of fused-ring (bicyclic) bond motifs is 1. The van der Waals surface area contributed by atoms with Crippen molar-refractivity contribution in [3.8, 4) is 5.75 Å². The van der Waals surface area contributed by atoms with Gasteiger partial charge in [0.25, 0.3) is 0 Å². The number of allylic oxidation sites excluding steroid dienone is 4. The van der Waals surface area contributed by atoms with Crippen molar-refractivity contribution in [1.82, 2.24) is 14.9 Å². The van der Waals surface area contributed by atoms with Gasteiger partial charge in [0, 0.05) is 24.6 Å². The number of hydrogen-bond donors (Lipinski definition) is 1. The third-order valence-electron chi connectivity index (χ3n) is 5.79. The fourth-order valence-corrected chi connectivity index (χ4v) is 4.18. The number of carbonyl (C=O) groups excluding carboxylic acids is 1. The molecule has 1 aromatic heterocycles. The van der Waals surface area contributed by atoms with Crippen LogP contribution in [0.4, 0.5) is 11.6 Å². The first kappa shape index (κ1) is 23.8. The second kappa shape index (κ2) is 10.7. The van der Waals surface area contributed by atoms with Gasteiger partial charge in [0.1, 0.15) is 34.8 Å².